The van der Waals surface area contributed by atoms with Crippen LogP contribution in [0.5, 0.6) is 5.75 Å². The summed E-state index contributed by atoms with van der Waals surface area (Å²) < 4.78 is 5.47. The molecule has 0 saturated heterocycles. The molecule has 0 amide bonds. The van der Waals surface area contributed by atoms with Gasteiger partial charge in [0.2, 0.25) is 0 Å². The first-order valence-corrected chi connectivity index (χ1v) is 6.71. The lowest BCUT2D eigenvalue weighted by molar-refractivity contribution is 0.104. The lowest BCUT2D eigenvalue weighted by Crippen LogP contribution is -2.01. The zero-order chi connectivity index (χ0) is 14.4. The second kappa shape index (κ2) is 6.71. The third kappa shape index (κ3) is 3.58. The van der Waals surface area contributed by atoms with Crippen molar-refractivity contribution >= 4 is 11.9 Å². The van der Waals surface area contributed by atoms with Crippen LogP contribution in [0.3, 0.4) is 0 Å². The Balaban J connectivity index is 2.17. The van der Waals surface area contributed by atoms with E-state index >= 15 is 0 Å². The predicted molar refractivity (Wildman–Crippen MR) is 82.2 cm³/mol. The molecule has 0 radical (unpaired) electrons. The maximum atomic E-state index is 12.2. The highest BCUT2D eigenvalue weighted by atomic mass is 16.5. The van der Waals surface area contributed by atoms with Gasteiger partial charge in [0.1, 0.15) is 5.75 Å². The Morgan fingerprint density at radius 1 is 1.10 bits per heavy atom. The Morgan fingerprint density at radius 2 is 1.80 bits per heavy atom. The van der Waals surface area contributed by atoms with E-state index in [1.54, 1.807) is 12.1 Å². The van der Waals surface area contributed by atoms with Gasteiger partial charge in [-0.3, -0.25) is 4.79 Å². The molecule has 0 N–H and O–H groups in total. The average Bonchev–Trinajstić information content (AvgIpc) is 2.47. The van der Waals surface area contributed by atoms with Crippen LogP contribution in [0.25, 0.3) is 6.08 Å². The first-order valence-electron chi connectivity index (χ1n) is 6.71. The molecule has 0 bridgehead atoms. The SMILES string of the molecule is CCOc1ccccc1C(=O)/C=C/c1ccc(C)cc1. The molecule has 2 aromatic carbocycles. The Kier molecular flexibility index (Phi) is 4.72. The van der Waals surface area contributed by atoms with E-state index in [0.29, 0.717) is 17.9 Å². The van der Waals surface area contributed by atoms with Crippen LogP contribution in [0.4, 0.5) is 0 Å². The summed E-state index contributed by atoms with van der Waals surface area (Å²) in [5, 5.41) is 0. The summed E-state index contributed by atoms with van der Waals surface area (Å²) in [4.78, 5) is 12.2. The molecule has 0 aliphatic rings. The smallest absolute Gasteiger partial charge is 0.189 e. The van der Waals surface area contributed by atoms with E-state index in [1.165, 1.54) is 5.56 Å². The number of ether oxygens (including phenoxy) is 1. The van der Waals surface area contributed by atoms with Crippen molar-refractivity contribution in [3.05, 3.63) is 71.3 Å². The Morgan fingerprint density at radius 3 is 2.50 bits per heavy atom. The highest BCUT2D eigenvalue weighted by molar-refractivity contribution is 6.08. The molecule has 2 heteroatoms. The predicted octanol–water partition coefficient (Wildman–Crippen LogP) is 4.29. The van der Waals surface area contributed by atoms with Gasteiger partial charge in [0.25, 0.3) is 0 Å². The zero-order valence-electron chi connectivity index (χ0n) is 11.8. The van der Waals surface area contributed by atoms with E-state index in [-0.39, 0.29) is 5.78 Å². The number of carbonyl (C=O) groups is 1. The molecule has 0 heterocycles. The van der Waals surface area contributed by atoms with Gasteiger partial charge in [-0.2, -0.15) is 0 Å². The molecule has 20 heavy (non-hydrogen) atoms. The lowest BCUT2D eigenvalue weighted by atomic mass is 10.1. The first kappa shape index (κ1) is 14.1. The molecule has 2 rings (SSSR count). The van der Waals surface area contributed by atoms with Crippen molar-refractivity contribution in [1.82, 2.24) is 0 Å². The molecular weight excluding hydrogens is 248 g/mol. The van der Waals surface area contributed by atoms with Gasteiger partial charge in [-0.05, 0) is 37.6 Å². The maximum Gasteiger partial charge on any atom is 0.189 e. The molecular formula is C18H18O2. The standard InChI is InChI=1S/C18H18O2/c1-3-20-18-7-5-4-6-16(18)17(19)13-12-15-10-8-14(2)9-11-15/h4-13H,3H2,1-2H3/b13-12+. The van der Waals surface area contributed by atoms with E-state index < -0.39 is 0 Å². The fourth-order valence-corrected chi connectivity index (χ4v) is 1.89. The summed E-state index contributed by atoms with van der Waals surface area (Å²) in [7, 11) is 0. The molecule has 0 fully saturated rings. The number of ketones is 1. The summed E-state index contributed by atoms with van der Waals surface area (Å²) in [6, 6.07) is 15.3. The number of aryl methyl sites for hydroxylation is 1. The van der Waals surface area contributed by atoms with Crippen molar-refractivity contribution in [2.75, 3.05) is 6.61 Å². The highest BCUT2D eigenvalue weighted by Crippen LogP contribution is 2.19. The van der Waals surface area contributed by atoms with Crippen LogP contribution in [0.2, 0.25) is 0 Å². The fourth-order valence-electron chi connectivity index (χ4n) is 1.89. The molecule has 2 nitrogen and oxygen atoms in total. The topological polar surface area (TPSA) is 26.3 Å². The Labute approximate surface area is 119 Å². The quantitative estimate of drug-likeness (QED) is 0.596. The number of hydrogen-bond donors (Lipinski definition) is 0. The van der Waals surface area contributed by atoms with Crippen LogP contribution in [0.15, 0.2) is 54.6 Å². The van der Waals surface area contributed by atoms with Gasteiger partial charge in [0.05, 0.1) is 12.2 Å². The molecule has 0 aliphatic heterocycles. The monoisotopic (exact) mass is 266 g/mol. The molecule has 0 unspecified atom stereocenters. The fraction of sp³-hybridized carbons (Fsp3) is 0.167. The minimum absolute atomic E-state index is 0.0466. The average molecular weight is 266 g/mol. The third-order valence-electron chi connectivity index (χ3n) is 2.96. The second-order valence-corrected chi connectivity index (χ2v) is 4.54. The summed E-state index contributed by atoms with van der Waals surface area (Å²) in [5.41, 5.74) is 2.81. The van der Waals surface area contributed by atoms with Gasteiger partial charge in [-0.1, -0.05) is 48.0 Å². The van der Waals surface area contributed by atoms with Gasteiger partial charge in [-0.15, -0.1) is 0 Å². The second-order valence-electron chi connectivity index (χ2n) is 4.54. The number of allylic oxidation sites excluding steroid dienone is 1. The van der Waals surface area contributed by atoms with Crippen molar-refractivity contribution < 1.29 is 9.53 Å². The van der Waals surface area contributed by atoms with E-state index in [4.69, 9.17) is 4.74 Å². The van der Waals surface area contributed by atoms with E-state index in [0.717, 1.165) is 5.56 Å². The molecule has 0 aliphatic carbocycles. The van der Waals surface area contributed by atoms with Gasteiger partial charge in [0, 0.05) is 0 Å². The Bertz CT molecular complexity index is 610. The third-order valence-corrected chi connectivity index (χ3v) is 2.96. The maximum absolute atomic E-state index is 12.2. The summed E-state index contributed by atoms with van der Waals surface area (Å²) >= 11 is 0. The molecule has 0 atom stereocenters. The van der Waals surface area contributed by atoms with E-state index in [2.05, 4.69) is 0 Å². The van der Waals surface area contributed by atoms with Crippen molar-refractivity contribution in [2.24, 2.45) is 0 Å². The van der Waals surface area contributed by atoms with Crippen LogP contribution in [0.1, 0.15) is 28.4 Å². The van der Waals surface area contributed by atoms with Crippen molar-refractivity contribution in [2.45, 2.75) is 13.8 Å². The largest absolute Gasteiger partial charge is 0.493 e. The normalized spacial score (nSPS) is 10.7. The molecule has 102 valence electrons. The van der Waals surface area contributed by atoms with Gasteiger partial charge in [-0.25, -0.2) is 0 Å². The van der Waals surface area contributed by atoms with E-state index in [9.17, 15) is 4.79 Å². The van der Waals surface area contributed by atoms with Gasteiger partial charge >= 0.3 is 0 Å². The van der Waals surface area contributed by atoms with Crippen LogP contribution in [-0.4, -0.2) is 12.4 Å². The van der Waals surface area contributed by atoms with Gasteiger partial charge < -0.3 is 4.74 Å². The lowest BCUT2D eigenvalue weighted by Gasteiger charge is -2.06. The number of benzene rings is 2. The highest BCUT2D eigenvalue weighted by Gasteiger charge is 2.08. The summed E-state index contributed by atoms with van der Waals surface area (Å²) in [6.07, 6.45) is 3.41. The van der Waals surface area contributed by atoms with Crippen LogP contribution in [0, 0.1) is 6.92 Å². The van der Waals surface area contributed by atoms with Crippen LogP contribution in [-0.2, 0) is 0 Å². The molecule has 0 spiro atoms. The number of carbonyl (C=O) groups excluding carboxylic acids is 1. The number of rotatable bonds is 5. The van der Waals surface area contributed by atoms with Gasteiger partial charge in [0.15, 0.2) is 5.78 Å². The van der Waals surface area contributed by atoms with Crippen LogP contribution < -0.4 is 4.74 Å². The minimum Gasteiger partial charge on any atom is -0.493 e. The minimum atomic E-state index is -0.0466. The first-order chi connectivity index (χ1) is 9.70. The Hall–Kier alpha value is -2.35. The number of para-hydroxylation sites is 1. The zero-order valence-corrected chi connectivity index (χ0v) is 11.8. The van der Waals surface area contributed by atoms with Crippen molar-refractivity contribution in [3.8, 4) is 5.75 Å². The van der Waals surface area contributed by atoms with E-state index in [1.807, 2.05) is 62.4 Å². The van der Waals surface area contributed by atoms with Crippen molar-refractivity contribution in [1.29, 1.82) is 0 Å². The van der Waals surface area contributed by atoms with Crippen molar-refractivity contribution in [3.63, 3.8) is 0 Å². The number of hydrogen-bond acceptors (Lipinski definition) is 2. The molecule has 0 saturated carbocycles. The summed E-state index contributed by atoms with van der Waals surface area (Å²) in [6.45, 7) is 4.49. The summed E-state index contributed by atoms with van der Waals surface area (Å²) in [5.74, 6) is 0.586. The van der Waals surface area contributed by atoms with Crippen LogP contribution >= 0.6 is 0 Å². The molecule has 0 aromatic heterocycles. The molecule has 2 aromatic rings.